The van der Waals surface area contributed by atoms with E-state index in [9.17, 15) is 9.59 Å². The largest absolute Gasteiger partial charge is 0.497 e. The number of aryl methyl sites for hydroxylation is 1. The zero-order chi connectivity index (χ0) is 17.8. The number of nitrogens with one attached hydrogen (secondary N) is 2. The molecule has 130 valence electrons. The number of hydrogen-bond acceptors (Lipinski definition) is 4. The van der Waals surface area contributed by atoms with E-state index in [1.165, 1.54) is 0 Å². The number of fused-ring (bicyclic) bond motifs is 1. The Morgan fingerprint density at radius 1 is 1.12 bits per heavy atom. The molecule has 2 N–H and O–H groups in total. The number of benzene rings is 2. The van der Waals surface area contributed by atoms with Gasteiger partial charge in [-0.2, -0.15) is 0 Å². The number of rotatable bonds is 5. The Labute approximate surface area is 146 Å². The monoisotopic (exact) mass is 340 g/mol. The number of hydrogen-bond donors (Lipinski definition) is 2. The molecule has 0 saturated heterocycles. The number of amides is 2. The molecule has 1 aliphatic heterocycles. The second-order valence-corrected chi connectivity index (χ2v) is 5.83. The van der Waals surface area contributed by atoms with Gasteiger partial charge in [-0.3, -0.25) is 9.59 Å². The number of methoxy groups -OCH3 is 2. The summed E-state index contributed by atoms with van der Waals surface area (Å²) in [7, 11) is 3.12. The first-order chi connectivity index (χ1) is 12.1. The molecule has 6 heteroatoms. The van der Waals surface area contributed by atoms with Crippen molar-refractivity contribution < 1.29 is 19.1 Å². The lowest BCUT2D eigenvalue weighted by Crippen LogP contribution is -2.19. The second-order valence-electron chi connectivity index (χ2n) is 5.83. The van der Waals surface area contributed by atoms with Crippen molar-refractivity contribution in [1.29, 1.82) is 0 Å². The predicted octanol–water partition coefficient (Wildman–Crippen LogP) is 2.77. The Morgan fingerprint density at radius 3 is 2.72 bits per heavy atom. The van der Waals surface area contributed by atoms with E-state index in [4.69, 9.17) is 9.47 Å². The van der Waals surface area contributed by atoms with E-state index in [0.29, 0.717) is 30.0 Å². The van der Waals surface area contributed by atoms with Crippen LogP contribution in [0.25, 0.3) is 0 Å². The molecule has 0 radical (unpaired) electrons. The first kappa shape index (κ1) is 16.8. The van der Waals surface area contributed by atoms with Crippen LogP contribution in [0.1, 0.15) is 17.5 Å². The van der Waals surface area contributed by atoms with Crippen LogP contribution in [0.5, 0.6) is 11.5 Å². The minimum Gasteiger partial charge on any atom is -0.497 e. The average Bonchev–Trinajstić information content (AvgIpc) is 2.62. The van der Waals surface area contributed by atoms with E-state index in [1.807, 2.05) is 18.2 Å². The third kappa shape index (κ3) is 3.91. The van der Waals surface area contributed by atoms with Crippen molar-refractivity contribution in [2.75, 3.05) is 24.9 Å². The van der Waals surface area contributed by atoms with Crippen molar-refractivity contribution in [1.82, 2.24) is 0 Å². The minimum atomic E-state index is -0.136. The van der Waals surface area contributed by atoms with Crippen LogP contribution in [0, 0.1) is 0 Å². The molecule has 25 heavy (non-hydrogen) atoms. The van der Waals surface area contributed by atoms with Gasteiger partial charge >= 0.3 is 0 Å². The molecule has 0 aromatic heterocycles. The van der Waals surface area contributed by atoms with Crippen molar-refractivity contribution in [3.63, 3.8) is 0 Å². The van der Waals surface area contributed by atoms with Crippen LogP contribution in [-0.2, 0) is 22.4 Å². The van der Waals surface area contributed by atoms with Gasteiger partial charge in [-0.15, -0.1) is 0 Å². The van der Waals surface area contributed by atoms with Gasteiger partial charge in [-0.25, -0.2) is 0 Å². The number of anilines is 2. The van der Waals surface area contributed by atoms with Crippen LogP contribution in [0.15, 0.2) is 36.4 Å². The van der Waals surface area contributed by atoms with Gasteiger partial charge in [0.05, 0.1) is 26.3 Å². The molecule has 2 aromatic carbocycles. The van der Waals surface area contributed by atoms with Crippen LogP contribution < -0.4 is 20.1 Å². The standard InChI is InChI=1S/C19H20N2O4/c1-24-14-5-7-16(17(11-14)25-2)21-19(23)10-12-3-6-15-13(9-12)4-8-18(22)20-15/h3,5-7,9,11H,4,8,10H2,1-2H3,(H,20,22)(H,21,23). The average molecular weight is 340 g/mol. The molecule has 0 unspecified atom stereocenters. The van der Waals surface area contributed by atoms with E-state index in [1.54, 1.807) is 32.4 Å². The molecule has 0 bridgehead atoms. The van der Waals surface area contributed by atoms with Crippen LogP contribution in [0.2, 0.25) is 0 Å². The van der Waals surface area contributed by atoms with Crippen LogP contribution >= 0.6 is 0 Å². The van der Waals surface area contributed by atoms with E-state index < -0.39 is 0 Å². The maximum Gasteiger partial charge on any atom is 0.228 e. The van der Waals surface area contributed by atoms with Gasteiger partial charge in [-0.05, 0) is 35.7 Å². The third-order valence-electron chi connectivity index (χ3n) is 4.11. The van der Waals surface area contributed by atoms with E-state index in [0.717, 1.165) is 16.8 Å². The lowest BCUT2D eigenvalue weighted by molar-refractivity contribution is -0.117. The SMILES string of the molecule is COc1ccc(NC(=O)Cc2ccc3c(c2)CCC(=O)N3)c(OC)c1. The van der Waals surface area contributed by atoms with Crippen molar-refractivity contribution in [3.8, 4) is 11.5 Å². The zero-order valence-corrected chi connectivity index (χ0v) is 14.2. The first-order valence-corrected chi connectivity index (χ1v) is 8.02. The molecule has 2 amide bonds. The molecule has 0 atom stereocenters. The summed E-state index contributed by atoms with van der Waals surface area (Å²) >= 11 is 0. The Kier molecular flexibility index (Phi) is 4.88. The predicted molar refractivity (Wildman–Crippen MR) is 95.3 cm³/mol. The van der Waals surface area contributed by atoms with Gasteiger partial charge in [0.1, 0.15) is 11.5 Å². The smallest absolute Gasteiger partial charge is 0.228 e. The Balaban J connectivity index is 1.70. The van der Waals surface area contributed by atoms with Crippen molar-refractivity contribution in [3.05, 3.63) is 47.5 Å². The lowest BCUT2D eigenvalue weighted by atomic mass is 9.99. The van der Waals surface area contributed by atoms with Crippen LogP contribution in [0.4, 0.5) is 11.4 Å². The summed E-state index contributed by atoms with van der Waals surface area (Å²) in [6.07, 6.45) is 1.42. The van der Waals surface area contributed by atoms with Gasteiger partial charge in [0.25, 0.3) is 0 Å². The molecule has 3 rings (SSSR count). The van der Waals surface area contributed by atoms with Crippen LogP contribution in [0.3, 0.4) is 0 Å². The van der Waals surface area contributed by atoms with Gasteiger partial charge in [-0.1, -0.05) is 12.1 Å². The summed E-state index contributed by atoms with van der Waals surface area (Å²) < 4.78 is 10.4. The van der Waals surface area contributed by atoms with E-state index in [-0.39, 0.29) is 18.2 Å². The Morgan fingerprint density at radius 2 is 1.96 bits per heavy atom. The maximum atomic E-state index is 12.4. The molecule has 0 saturated carbocycles. The molecule has 1 heterocycles. The van der Waals surface area contributed by atoms with Crippen molar-refractivity contribution in [2.24, 2.45) is 0 Å². The van der Waals surface area contributed by atoms with Crippen molar-refractivity contribution in [2.45, 2.75) is 19.3 Å². The number of carbonyl (C=O) groups is 2. The van der Waals surface area contributed by atoms with Crippen molar-refractivity contribution >= 4 is 23.2 Å². The molecular weight excluding hydrogens is 320 g/mol. The summed E-state index contributed by atoms with van der Waals surface area (Å²) in [5, 5.41) is 5.70. The fourth-order valence-electron chi connectivity index (χ4n) is 2.83. The maximum absolute atomic E-state index is 12.4. The van der Waals surface area contributed by atoms with E-state index >= 15 is 0 Å². The normalized spacial score (nSPS) is 12.8. The fourth-order valence-corrected chi connectivity index (χ4v) is 2.83. The molecular formula is C19H20N2O4. The van der Waals surface area contributed by atoms with Crippen LogP contribution in [-0.4, -0.2) is 26.0 Å². The molecule has 2 aromatic rings. The summed E-state index contributed by atoms with van der Waals surface area (Å²) in [5.74, 6) is 1.10. The van der Waals surface area contributed by atoms with Gasteiger partial charge < -0.3 is 20.1 Å². The summed E-state index contributed by atoms with van der Waals surface area (Å²) in [6, 6.07) is 10.9. The molecule has 0 spiro atoms. The zero-order valence-electron chi connectivity index (χ0n) is 14.2. The van der Waals surface area contributed by atoms with Gasteiger partial charge in [0.2, 0.25) is 11.8 Å². The Hall–Kier alpha value is -3.02. The Bertz CT molecular complexity index is 817. The topological polar surface area (TPSA) is 76.7 Å². The lowest BCUT2D eigenvalue weighted by Gasteiger charge is -2.17. The second kappa shape index (κ2) is 7.25. The molecule has 1 aliphatic rings. The van der Waals surface area contributed by atoms with Gasteiger partial charge in [0, 0.05) is 18.2 Å². The quantitative estimate of drug-likeness (QED) is 0.877. The summed E-state index contributed by atoms with van der Waals surface area (Å²) in [4.78, 5) is 23.8. The third-order valence-corrected chi connectivity index (χ3v) is 4.11. The van der Waals surface area contributed by atoms with Gasteiger partial charge in [0.15, 0.2) is 0 Å². The summed E-state index contributed by atoms with van der Waals surface area (Å²) in [6.45, 7) is 0. The number of ether oxygens (including phenoxy) is 2. The highest BCUT2D eigenvalue weighted by Crippen LogP contribution is 2.29. The highest BCUT2D eigenvalue weighted by Gasteiger charge is 2.16. The number of carbonyl (C=O) groups excluding carboxylic acids is 2. The molecule has 6 nitrogen and oxygen atoms in total. The highest BCUT2D eigenvalue weighted by molar-refractivity contribution is 5.95. The highest BCUT2D eigenvalue weighted by atomic mass is 16.5. The fraction of sp³-hybridized carbons (Fsp3) is 0.263. The molecule has 0 aliphatic carbocycles. The first-order valence-electron chi connectivity index (χ1n) is 8.02. The van der Waals surface area contributed by atoms with E-state index in [2.05, 4.69) is 10.6 Å². The minimum absolute atomic E-state index is 0.0320. The molecule has 0 fully saturated rings. The summed E-state index contributed by atoms with van der Waals surface area (Å²) in [5.41, 5.74) is 3.39.